The maximum Gasteiger partial charge on any atom is 0.257 e. The third-order valence-corrected chi connectivity index (χ3v) is 4.96. The second-order valence-corrected chi connectivity index (χ2v) is 7.11. The lowest BCUT2D eigenvalue weighted by Crippen LogP contribution is -2.29. The van der Waals surface area contributed by atoms with Gasteiger partial charge in [-0.2, -0.15) is 0 Å². The zero-order chi connectivity index (χ0) is 18.9. The quantitative estimate of drug-likeness (QED) is 0.651. The molecule has 1 aromatic heterocycles. The molecule has 1 saturated heterocycles. The molecule has 27 heavy (non-hydrogen) atoms. The first-order valence-electron chi connectivity index (χ1n) is 10.1. The zero-order valence-corrected chi connectivity index (χ0v) is 16.2. The van der Waals surface area contributed by atoms with E-state index in [-0.39, 0.29) is 5.91 Å². The minimum absolute atomic E-state index is 0.134. The van der Waals surface area contributed by atoms with E-state index >= 15 is 0 Å². The Hall–Kier alpha value is -2.56. The molecule has 1 aliphatic rings. The average molecular weight is 367 g/mol. The van der Waals surface area contributed by atoms with Crippen molar-refractivity contribution in [2.24, 2.45) is 0 Å². The van der Waals surface area contributed by atoms with Gasteiger partial charge in [0.25, 0.3) is 5.91 Å². The number of carbonyl (C=O) groups is 1. The lowest BCUT2D eigenvalue weighted by atomic mass is 10.1. The molecule has 0 saturated carbocycles. The van der Waals surface area contributed by atoms with Crippen LogP contribution in [0.15, 0.2) is 42.6 Å². The summed E-state index contributed by atoms with van der Waals surface area (Å²) in [6.07, 6.45) is 9.01. The van der Waals surface area contributed by atoms with Crippen LogP contribution in [0.2, 0.25) is 0 Å². The predicted octanol–water partition coefficient (Wildman–Crippen LogP) is 4.93. The number of nitrogens with zero attached hydrogens (tertiary/aromatic N) is 2. The number of hydrogen-bond acceptors (Lipinski definition) is 4. The van der Waals surface area contributed by atoms with E-state index in [4.69, 9.17) is 0 Å². The van der Waals surface area contributed by atoms with Crippen molar-refractivity contribution in [3.05, 3.63) is 48.2 Å². The maximum absolute atomic E-state index is 12.4. The highest BCUT2D eigenvalue weighted by atomic mass is 16.1. The van der Waals surface area contributed by atoms with Crippen LogP contribution in [0.4, 0.5) is 17.2 Å². The van der Waals surface area contributed by atoms with Crippen LogP contribution in [0.5, 0.6) is 0 Å². The molecule has 5 nitrogen and oxygen atoms in total. The molecule has 144 valence electrons. The zero-order valence-electron chi connectivity index (χ0n) is 16.2. The molecule has 1 fully saturated rings. The van der Waals surface area contributed by atoms with Crippen LogP contribution >= 0.6 is 0 Å². The van der Waals surface area contributed by atoms with E-state index in [2.05, 4.69) is 39.6 Å². The molecule has 0 bridgehead atoms. The molecule has 0 atom stereocenters. The van der Waals surface area contributed by atoms with Gasteiger partial charge in [-0.3, -0.25) is 4.79 Å². The van der Waals surface area contributed by atoms with Gasteiger partial charge in [-0.1, -0.05) is 19.8 Å². The van der Waals surface area contributed by atoms with Crippen molar-refractivity contribution in [1.29, 1.82) is 0 Å². The van der Waals surface area contributed by atoms with Gasteiger partial charge >= 0.3 is 0 Å². The molecule has 2 N–H and O–H groups in total. The van der Waals surface area contributed by atoms with Crippen LogP contribution in [0.25, 0.3) is 0 Å². The van der Waals surface area contributed by atoms with E-state index in [1.54, 1.807) is 6.20 Å². The summed E-state index contributed by atoms with van der Waals surface area (Å²) in [5.41, 5.74) is 2.60. The Kier molecular flexibility index (Phi) is 7.08. The number of pyridine rings is 1. The number of amides is 1. The summed E-state index contributed by atoms with van der Waals surface area (Å²) < 4.78 is 0. The summed E-state index contributed by atoms with van der Waals surface area (Å²) in [6, 6.07) is 11.8. The Balaban J connectivity index is 1.52. The number of rotatable bonds is 8. The van der Waals surface area contributed by atoms with E-state index in [0.717, 1.165) is 37.6 Å². The van der Waals surface area contributed by atoms with Crippen LogP contribution in [-0.2, 0) is 0 Å². The van der Waals surface area contributed by atoms with Gasteiger partial charge in [-0.05, 0) is 62.1 Å². The molecule has 3 rings (SSSR count). The standard InChI is InChI=1S/C22H30N4O/c1-2-3-5-14-23-21-13-8-18(17-24-21)22(27)25-19-9-11-20(12-10-19)26-15-6-4-7-16-26/h8-13,17H,2-7,14-16H2,1H3,(H,23,24)(H,25,27). The molecule has 0 spiro atoms. The first kappa shape index (κ1) is 19.2. The van der Waals surface area contributed by atoms with E-state index < -0.39 is 0 Å². The van der Waals surface area contributed by atoms with Crippen LogP contribution in [0.1, 0.15) is 55.8 Å². The molecule has 1 aromatic carbocycles. The van der Waals surface area contributed by atoms with Crippen LogP contribution in [-0.4, -0.2) is 30.5 Å². The fourth-order valence-electron chi connectivity index (χ4n) is 3.34. The van der Waals surface area contributed by atoms with E-state index in [1.807, 2.05) is 24.3 Å². The first-order chi connectivity index (χ1) is 13.3. The molecule has 5 heteroatoms. The summed E-state index contributed by atoms with van der Waals surface area (Å²) in [6.45, 7) is 5.34. The van der Waals surface area contributed by atoms with Gasteiger partial charge in [0.15, 0.2) is 0 Å². The topological polar surface area (TPSA) is 57.3 Å². The largest absolute Gasteiger partial charge is 0.372 e. The Morgan fingerprint density at radius 2 is 1.81 bits per heavy atom. The third-order valence-electron chi connectivity index (χ3n) is 4.96. The van der Waals surface area contributed by atoms with Gasteiger partial charge in [0.2, 0.25) is 0 Å². The molecule has 2 aromatic rings. The van der Waals surface area contributed by atoms with Crippen molar-refractivity contribution < 1.29 is 4.79 Å². The summed E-state index contributed by atoms with van der Waals surface area (Å²) in [5, 5.41) is 6.24. The molecular weight excluding hydrogens is 336 g/mol. The normalized spacial score (nSPS) is 14.0. The second-order valence-electron chi connectivity index (χ2n) is 7.11. The monoisotopic (exact) mass is 366 g/mol. The molecule has 1 amide bonds. The van der Waals surface area contributed by atoms with Gasteiger partial charge in [-0.15, -0.1) is 0 Å². The number of piperidine rings is 1. The van der Waals surface area contributed by atoms with E-state index in [1.165, 1.54) is 37.8 Å². The Morgan fingerprint density at radius 1 is 1.04 bits per heavy atom. The van der Waals surface area contributed by atoms with Crippen LogP contribution < -0.4 is 15.5 Å². The smallest absolute Gasteiger partial charge is 0.257 e. The van der Waals surface area contributed by atoms with Crippen molar-refractivity contribution in [3.63, 3.8) is 0 Å². The van der Waals surface area contributed by atoms with Gasteiger partial charge < -0.3 is 15.5 Å². The minimum Gasteiger partial charge on any atom is -0.372 e. The highest BCUT2D eigenvalue weighted by molar-refractivity contribution is 6.04. The first-order valence-corrected chi connectivity index (χ1v) is 10.1. The van der Waals surface area contributed by atoms with E-state index in [0.29, 0.717) is 5.56 Å². The Bertz CT molecular complexity index is 706. The van der Waals surface area contributed by atoms with Gasteiger partial charge in [0, 0.05) is 37.2 Å². The lowest BCUT2D eigenvalue weighted by Gasteiger charge is -2.28. The van der Waals surface area contributed by atoms with Crippen molar-refractivity contribution in [2.45, 2.75) is 45.4 Å². The lowest BCUT2D eigenvalue weighted by molar-refractivity contribution is 0.102. The SMILES string of the molecule is CCCCCNc1ccc(C(=O)Nc2ccc(N3CCCCC3)cc2)cn1. The van der Waals surface area contributed by atoms with Gasteiger partial charge in [0.05, 0.1) is 5.56 Å². The summed E-state index contributed by atoms with van der Waals surface area (Å²) >= 11 is 0. The third kappa shape index (κ3) is 5.71. The number of benzene rings is 1. The molecule has 0 unspecified atom stereocenters. The van der Waals surface area contributed by atoms with Gasteiger partial charge in [0.1, 0.15) is 5.82 Å². The number of hydrogen-bond donors (Lipinski definition) is 2. The van der Waals surface area contributed by atoms with E-state index in [9.17, 15) is 4.79 Å². The molecule has 2 heterocycles. The minimum atomic E-state index is -0.134. The fourth-order valence-corrected chi connectivity index (χ4v) is 3.34. The molecule has 0 aliphatic carbocycles. The van der Waals surface area contributed by atoms with Crippen LogP contribution in [0.3, 0.4) is 0 Å². The maximum atomic E-state index is 12.4. The summed E-state index contributed by atoms with van der Waals surface area (Å²) in [7, 11) is 0. The summed E-state index contributed by atoms with van der Waals surface area (Å²) in [5.74, 6) is 0.680. The van der Waals surface area contributed by atoms with Gasteiger partial charge in [-0.25, -0.2) is 4.98 Å². The van der Waals surface area contributed by atoms with Crippen LogP contribution in [0, 0.1) is 0 Å². The second kappa shape index (κ2) is 9.95. The molecular formula is C22H30N4O. The number of carbonyl (C=O) groups excluding carboxylic acids is 1. The molecule has 1 aliphatic heterocycles. The number of unbranched alkanes of at least 4 members (excludes halogenated alkanes) is 2. The average Bonchev–Trinajstić information content (AvgIpc) is 2.73. The predicted molar refractivity (Wildman–Crippen MR) is 113 cm³/mol. The highest BCUT2D eigenvalue weighted by Crippen LogP contribution is 2.22. The van der Waals surface area contributed by atoms with Crippen molar-refractivity contribution >= 4 is 23.1 Å². The van der Waals surface area contributed by atoms with Crippen molar-refractivity contribution in [2.75, 3.05) is 35.2 Å². The Labute approximate surface area is 162 Å². The molecule has 0 radical (unpaired) electrons. The Morgan fingerprint density at radius 3 is 2.48 bits per heavy atom. The number of aromatic nitrogens is 1. The summed E-state index contributed by atoms with van der Waals surface area (Å²) in [4.78, 5) is 19.2. The number of anilines is 3. The number of nitrogens with one attached hydrogen (secondary N) is 2. The van der Waals surface area contributed by atoms with Crippen molar-refractivity contribution in [3.8, 4) is 0 Å². The van der Waals surface area contributed by atoms with Crippen molar-refractivity contribution in [1.82, 2.24) is 4.98 Å². The fraction of sp³-hybridized carbons (Fsp3) is 0.455. The highest BCUT2D eigenvalue weighted by Gasteiger charge is 2.11.